The third-order valence-electron chi connectivity index (χ3n) is 3.10. The Bertz CT molecular complexity index is 409. The Morgan fingerprint density at radius 3 is 2.74 bits per heavy atom. The molecule has 0 aromatic heterocycles. The van der Waals surface area contributed by atoms with E-state index >= 15 is 0 Å². The zero-order valence-corrected chi connectivity index (χ0v) is 11.6. The molecule has 1 aromatic carbocycles. The monoisotopic (exact) mass is 262 g/mol. The first-order chi connectivity index (χ1) is 9.15. The lowest BCUT2D eigenvalue weighted by Crippen LogP contribution is -2.36. The highest BCUT2D eigenvalue weighted by Crippen LogP contribution is 2.13. The first-order valence-electron chi connectivity index (χ1n) is 6.89. The summed E-state index contributed by atoms with van der Waals surface area (Å²) in [5.74, 6) is 1.30. The van der Waals surface area contributed by atoms with Crippen molar-refractivity contribution in [3.05, 3.63) is 29.8 Å². The van der Waals surface area contributed by atoms with Crippen LogP contribution < -0.4 is 15.4 Å². The van der Waals surface area contributed by atoms with E-state index in [1.54, 1.807) is 0 Å². The Balaban J connectivity index is 1.88. The summed E-state index contributed by atoms with van der Waals surface area (Å²) in [6, 6.07) is 7.58. The highest BCUT2D eigenvalue weighted by Gasteiger charge is 2.17. The first kappa shape index (κ1) is 13.9. The molecule has 4 heteroatoms. The van der Waals surface area contributed by atoms with Crippen molar-refractivity contribution in [1.82, 2.24) is 10.6 Å². The number of benzene rings is 1. The van der Waals surface area contributed by atoms with Gasteiger partial charge in [0.05, 0.1) is 6.61 Å². The van der Waals surface area contributed by atoms with Crippen LogP contribution in [0.1, 0.15) is 30.6 Å². The van der Waals surface area contributed by atoms with Gasteiger partial charge in [-0.25, -0.2) is 0 Å². The fourth-order valence-corrected chi connectivity index (χ4v) is 2.01. The fourth-order valence-electron chi connectivity index (χ4n) is 2.01. The molecule has 1 heterocycles. The van der Waals surface area contributed by atoms with E-state index < -0.39 is 0 Å². The number of carbonyl (C=O) groups is 1. The van der Waals surface area contributed by atoms with Crippen LogP contribution in [0.2, 0.25) is 0 Å². The minimum atomic E-state index is -0.0101. The van der Waals surface area contributed by atoms with Gasteiger partial charge >= 0.3 is 0 Å². The summed E-state index contributed by atoms with van der Waals surface area (Å²) in [6.45, 7) is 6.75. The molecule has 0 saturated carbocycles. The van der Waals surface area contributed by atoms with Crippen molar-refractivity contribution < 1.29 is 9.53 Å². The van der Waals surface area contributed by atoms with Crippen LogP contribution in [-0.4, -0.2) is 31.6 Å². The van der Waals surface area contributed by atoms with Crippen LogP contribution in [0, 0.1) is 5.92 Å². The molecule has 0 bridgehead atoms. The van der Waals surface area contributed by atoms with Crippen LogP contribution in [0.4, 0.5) is 0 Å². The molecule has 19 heavy (non-hydrogen) atoms. The standard InChI is InChI=1S/C15H22N2O2/c1-11(2)10-19-14-5-3-12(4-6-14)15(18)17-13-7-8-16-9-13/h3-6,11,13,16H,7-10H2,1-2H3,(H,17,18). The van der Waals surface area contributed by atoms with Gasteiger partial charge in [0, 0.05) is 18.2 Å². The molecule has 1 aromatic rings. The van der Waals surface area contributed by atoms with E-state index in [9.17, 15) is 4.79 Å². The van der Waals surface area contributed by atoms with Crippen molar-refractivity contribution >= 4 is 5.91 Å². The second-order valence-electron chi connectivity index (χ2n) is 5.39. The molecule has 0 aliphatic carbocycles. The van der Waals surface area contributed by atoms with E-state index in [4.69, 9.17) is 4.74 Å². The molecule has 1 fully saturated rings. The fraction of sp³-hybridized carbons (Fsp3) is 0.533. The number of carbonyl (C=O) groups excluding carboxylic acids is 1. The molecule has 1 aliphatic heterocycles. The van der Waals surface area contributed by atoms with Gasteiger partial charge in [-0.3, -0.25) is 4.79 Å². The Morgan fingerprint density at radius 2 is 2.16 bits per heavy atom. The second kappa shape index (κ2) is 6.57. The smallest absolute Gasteiger partial charge is 0.251 e. The number of hydrogen-bond donors (Lipinski definition) is 2. The van der Waals surface area contributed by atoms with Crippen molar-refractivity contribution in [2.45, 2.75) is 26.3 Å². The highest BCUT2D eigenvalue weighted by molar-refractivity contribution is 5.94. The quantitative estimate of drug-likeness (QED) is 0.851. The molecule has 0 spiro atoms. The molecular formula is C15H22N2O2. The largest absolute Gasteiger partial charge is 0.493 e. The number of rotatable bonds is 5. The molecule has 104 valence electrons. The van der Waals surface area contributed by atoms with E-state index in [0.29, 0.717) is 18.1 Å². The van der Waals surface area contributed by atoms with Crippen LogP contribution in [-0.2, 0) is 0 Å². The van der Waals surface area contributed by atoms with Gasteiger partial charge in [0.1, 0.15) is 5.75 Å². The number of hydrogen-bond acceptors (Lipinski definition) is 3. The summed E-state index contributed by atoms with van der Waals surface area (Å²) >= 11 is 0. The lowest BCUT2D eigenvalue weighted by Gasteiger charge is -2.12. The molecule has 4 nitrogen and oxygen atoms in total. The normalized spacial score (nSPS) is 18.6. The Kier molecular flexibility index (Phi) is 4.80. The van der Waals surface area contributed by atoms with Gasteiger partial charge < -0.3 is 15.4 Å². The van der Waals surface area contributed by atoms with Crippen LogP contribution >= 0.6 is 0 Å². The van der Waals surface area contributed by atoms with Gasteiger partial charge in [0.25, 0.3) is 5.91 Å². The molecule has 1 atom stereocenters. The Morgan fingerprint density at radius 1 is 1.42 bits per heavy atom. The Labute approximate surface area is 114 Å². The average molecular weight is 262 g/mol. The average Bonchev–Trinajstić information content (AvgIpc) is 2.89. The van der Waals surface area contributed by atoms with E-state index in [1.807, 2.05) is 24.3 Å². The van der Waals surface area contributed by atoms with Crippen molar-refractivity contribution in [1.29, 1.82) is 0 Å². The summed E-state index contributed by atoms with van der Waals surface area (Å²) in [5.41, 5.74) is 0.684. The maximum Gasteiger partial charge on any atom is 0.251 e. The maximum atomic E-state index is 12.0. The third kappa shape index (κ3) is 4.24. The van der Waals surface area contributed by atoms with Gasteiger partial charge in [-0.1, -0.05) is 13.8 Å². The maximum absolute atomic E-state index is 12.0. The molecule has 1 saturated heterocycles. The number of amides is 1. The lowest BCUT2D eigenvalue weighted by atomic mass is 10.1. The SMILES string of the molecule is CC(C)COc1ccc(C(=O)NC2CCNC2)cc1. The second-order valence-corrected chi connectivity index (χ2v) is 5.39. The topological polar surface area (TPSA) is 50.4 Å². The highest BCUT2D eigenvalue weighted by atomic mass is 16.5. The van der Waals surface area contributed by atoms with Crippen molar-refractivity contribution in [2.75, 3.05) is 19.7 Å². The molecule has 1 aliphatic rings. The van der Waals surface area contributed by atoms with Crippen LogP contribution in [0.15, 0.2) is 24.3 Å². The lowest BCUT2D eigenvalue weighted by molar-refractivity contribution is 0.0940. The van der Waals surface area contributed by atoms with Crippen LogP contribution in [0.25, 0.3) is 0 Å². The first-order valence-corrected chi connectivity index (χ1v) is 6.89. The van der Waals surface area contributed by atoms with Gasteiger partial charge in [0.15, 0.2) is 0 Å². The van der Waals surface area contributed by atoms with Gasteiger partial charge in [-0.15, -0.1) is 0 Å². The summed E-state index contributed by atoms with van der Waals surface area (Å²) in [7, 11) is 0. The Hall–Kier alpha value is -1.55. The van der Waals surface area contributed by atoms with Crippen molar-refractivity contribution in [2.24, 2.45) is 5.92 Å². The van der Waals surface area contributed by atoms with Gasteiger partial charge in [0.2, 0.25) is 0 Å². The summed E-state index contributed by atoms with van der Waals surface area (Å²) in [5, 5.41) is 6.25. The minimum absolute atomic E-state index is 0.0101. The molecule has 2 N–H and O–H groups in total. The van der Waals surface area contributed by atoms with Crippen molar-refractivity contribution in [3.8, 4) is 5.75 Å². The van der Waals surface area contributed by atoms with Gasteiger partial charge in [-0.2, -0.15) is 0 Å². The van der Waals surface area contributed by atoms with E-state index in [1.165, 1.54) is 0 Å². The van der Waals surface area contributed by atoms with Crippen LogP contribution in [0.5, 0.6) is 5.75 Å². The molecule has 1 amide bonds. The van der Waals surface area contributed by atoms with E-state index in [-0.39, 0.29) is 11.9 Å². The summed E-state index contributed by atoms with van der Waals surface area (Å²) in [4.78, 5) is 12.0. The van der Waals surface area contributed by atoms with Crippen molar-refractivity contribution in [3.63, 3.8) is 0 Å². The molecule has 1 unspecified atom stereocenters. The third-order valence-corrected chi connectivity index (χ3v) is 3.10. The summed E-state index contributed by atoms with van der Waals surface area (Å²) in [6.07, 6.45) is 1.00. The zero-order chi connectivity index (χ0) is 13.7. The molecule has 2 rings (SSSR count). The predicted octanol–water partition coefficient (Wildman–Crippen LogP) is 1.81. The van der Waals surface area contributed by atoms with E-state index in [2.05, 4.69) is 24.5 Å². The zero-order valence-electron chi connectivity index (χ0n) is 11.6. The van der Waals surface area contributed by atoms with E-state index in [0.717, 1.165) is 25.3 Å². The molecule has 0 radical (unpaired) electrons. The minimum Gasteiger partial charge on any atom is -0.493 e. The predicted molar refractivity (Wildman–Crippen MR) is 75.5 cm³/mol. The van der Waals surface area contributed by atoms with Gasteiger partial charge in [-0.05, 0) is 43.1 Å². The number of ether oxygens (including phenoxy) is 1. The number of nitrogens with one attached hydrogen (secondary N) is 2. The summed E-state index contributed by atoms with van der Waals surface area (Å²) < 4.78 is 5.59. The molecular weight excluding hydrogens is 240 g/mol. The van der Waals surface area contributed by atoms with Crippen LogP contribution in [0.3, 0.4) is 0 Å².